The van der Waals surface area contributed by atoms with Crippen LogP contribution in [0.1, 0.15) is 37.4 Å². The van der Waals surface area contributed by atoms with Gasteiger partial charge in [0.05, 0.1) is 46.2 Å². The molecule has 10 heteroatoms. The smallest absolute Gasteiger partial charge is 0.414 e. The maximum absolute atomic E-state index is 13.0. The minimum absolute atomic E-state index is 0.107. The number of anilines is 1. The molecule has 0 spiro atoms. The fourth-order valence-electron chi connectivity index (χ4n) is 4.19. The number of carbonyl (C=O) groups is 2. The van der Waals surface area contributed by atoms with Crippen molar-refractivity contribution in [1.82, 2.24) is 4.90 Å². The second kappa shape index (κ2) is 11.1. The van der Waals surface area contributed by atoms with Crippen molar-refractivity contribution in [2.45, 2.75) is 38.9 Å². The Morgan fingerprint density at radius 2 is 1.71 bits per heavy atom. The van der Waals surface area contributed by atoms with Crippen molar-refractivity contribution in [2.24, 2.45) is 0 Å². The molecule has 184 valence electrons. The fraction of sp³-hybridized carbons (Fsp3) is 0.417. The molecule has 0 radical (unpaired) electrons. The average Bonchev–Trinajstić information content (AvgIpc) is 2.82. The van der Waals surface area contributed by atoms with Crippen molar-refractivity contribution >= 4 is 41.1 Å². The van der Waals surface area contributed by atoms with Crippen LogP contribution in [-0.4, -0.2) is 51.1 Å². The van der Waals surface area contributed by atoms with E-state index in [9.17, 15) is 9.59 Å². The Labute approximate surface area is 209 Å². The molecule has 0 fully saturated rings. The van der Waals surface area contributed by atoms with Crippen molar-refractivity contribution in [3.05, 3.63) is 51.5 Å². The molecule has 0 N–H and O–H groups in total. The van der Waals surface area contributed by atoms with Gasteiger partial charge in [0, 0.05) is 33.3 Å². The molecule has 0 saturated carbocycles. The van der Waals surface area contributed by atoms with E-state index in [-0.39, 0.29) is 19.2 Å². The third-order valence-electron chi connectivity index (χ3n) is 5.80. The lowest BCUT2D eigenvalue weighted by Gasteiger charge is -2.42. The zero-order valence-corrected chi connectivity index (χ0v) is 21.3. The first-order valence-electron chi connectivity index (χ1n) is 10.8. The maximum Gasteiger partial charge on any atom is 0.414 e. The van der Waals surface area contributed by atoms with E-state index in [0.29, 0.717) is 44.8 Å². The Balaban J connectivity index is 2.18. The van der Waals surface area contributed by atoms with Crippen LogP contribution < -0.4 is 14.4 Å². The van der Waals surface area contributed by atoms with Crippen LogP contribution >= 0.6 is 23.2 Å². The van der Waals surface area contributed by atoms with Crippen LogP contribution in [0.5, 0.6) is 11.5 Å². The summed E-state index contributed by atoms with van der Waals surface area (Å²) in [6, 6.07) is 7.87. The highest BCUT2D eigenvalue weighted by atomic mass is 35.5. The zero-order valence-electron chi connectivity index (χ0n) is 19.8. The van der Waals surface area contributed by atoms with Crippen molar-refractivity contribution in [1.29, 1.82) is 0 Å². The van der Waals surface area contributed by atoms with Gasteiger partial charge in [-0.1, -0.05) is 29.3 Å². The lowest BCUT2D eigenvalue weighted by atomic mass is 9.90. The number of rotatable bonds is 6. The summed E-state index contributed by atoms with van der Waals surface area (Å²) in [4.78, 5) is 29.0. The Kier molecular flexibility index (Phi) is 8.38. The van der Waals surface area contributed by atoms with Crippen LogP contribution in [0.25, 0.3) is 0 Å². The zero-order chi connectivity index (χ0) is 25.0. The Bertz CT molecular complexity index is 1040. The lowest BCUT2D eigenvalue weighted by Crippen LogP contribution is -2.47. The monoisotopic (exact) mass is 510 g/mol. The largest absolute Gasteiger partial charge is 0.493 e. The minimum Gasteiger partial charge on any atom is -0.493 e. The van der Waals surface area contributed by atoms with Crippen molar-refractivity contribution in [2.75, 3.05) is 32.8 Å². The van der Waals surface area contributed by atoms with Gasteiger partial charge in [-0.25, -0.2) is 9.59 Å². The van der Waals surface area contributed by atoms with E-state index in [1.807, 2.05) is 6.92 Å². The molecule has 0 unspecified atom stereocenters. The molecule has 0 aromatic heterocycles. The summed E-state index contributed by atoms with van der Waals surface area (Å²) in [5.74, 6) is 0.910. The van der Waals surface area contributed by atoms with Gasteiger partial charge in [-0.2, -0.15) is 0 Å². The number of benzene rings is 2. The second-order valence-corrected chi connectivity index (χ2v) is 8.55. The van der Waals surface area contributed by atoms with Gasteiger partial charge in [0.2, 0.25) is 0 Å². The van der Waals surface area contributed by atoms with Crippen molar-refractivity contribution < 1.29 is 28.5 Å². The van der Waals surface area contributed by atoms with Gasteiger partial charge in [-0.15, -0.1) is 0 Å². The highest BCUT2D eigenvalue weighted by Gasteiger charge is 2.40. The van der Waals surface area contributed by atoms with Crippen LogP contribution in [0.4, 0.5) is 15.3 Å². The van der Waals surface area contributed by atoms with Crippen LogP contribution in [-0.2, 0) is 16.0 Å². The van der Waals surface area contributed by atoms with E-state index in [2.05, 4.69) is 0 Å². The Hall–Kier alpha value is -2.84. The van der Waals surface area contributed by atoms with Gasteiger partial charge in [0.1, 0.15) is 0 Å². The topological polar surface area (TPSA) is 77.5 Å². The summed E-state index contributed by atoms with van der Waals surface area (Å²) in [6.45, 7) is 3.97. The molecular weight excluding hydrogens is 483 g/mol. The molecule has 1 aliphatic heterocycles. The van der Waals surface area contributed by atoms with Gasteiger partial charge in [-0.3, -0.25) is 9.80 Å². The molecule has 0 bridgehead atoms. The quantitative estimate of drug-likeness (QED) is 0.468. The number of halogens is 2. The van der Waals surface area contributed by atoms with E-state index < -0.39 is 18.2 Å². The SMILES string of the molecule is CCOC(=O)N1c2cc(OC)c(OC)cc2[C@@H](N(Cc2c(Cl)cccc2Cl)C(=O)OC)C[C@H]1C. The van der Waals surface area contributed by atoms with Gasteiger partial charge in [-0.05, 0) is 38.5 Å². The molecule has 2 amide bonds. The summed E-state index contributed by atoms with van der Waals surface area (Å²) in [5.41, 5.74) is 1.83. The summed E-state index contributed by atoms with van der Waals surface area (Å²) in [7, 11) is 4.36. The van der Waals surface area contributed by atoms with Crippen LogP contribution in [0.3, 0.4) is 0 Å². The number of carbonyl (C=O) groups excluding carboxylic acids is 2. The van der Waals surface area contributed by atoms with E-state index in [1.54, 1.807) is 47.1 Å². The molecule has 0 aliphatic carbocycles. The molecule has 8 nitrogen and oxygen atoms in total. The molecule has 34 heavy (non-hydrogen) atoms. The fourth-order valence-corrected chi connectivity index (χ4v) is 4.71. The lowest BCUT2D eigenvalue weighted by molar-refractivity contribution is 0.0941. The van der Waals surface area contributed by atoms with E-state index >= 15 is 0 Å². The first kappa shape index (κ1) is 25.8. The first-order chi connectivity index (χ1) is 16.3. The second-order valence-electron chi connectivity index (χ2n) is 7.73. The van der Waals surface area contributed by atoms with Gasteiger partial charge in [0.15, 0.2) is 11.5 Å². The predicted molar refractivity (Wildman–Crippen MR) is 130 cm³/mol. The summed E-state index contributed by atoms with van der Waals surface area (Å²) in [6.07, 6.45) is -0.627. The van der Waals surface area contributed by atoms with Gasteiger partial charge >= 0.3 is 12.2 Å². The number of hydrogen-bond donors (Lipinski definition) is 0. The van der Waals surface area contributed by atoms with Crippen LogP contribution in [0.2, 0.25) is 10.0 Å². The normalized spacial score (nSPS) is 17.0. The molecule has 2 atom stereocenters. The predicted octanol–water partition coefficient (Wildman–Crippen LogP) is 6.08. The van der Waals surface area contributed by atoms with Gasteiger partial charge in [0.25, 0.3) is 0 Å². The highest BCUT2D eigenvalue weighted by molar-refractivity contribution is 6.36. The number of ether oxygens (including phenoxy) is 4. The molecule has 2 aromatic rings. The number of nitrogens with zero attached hydrogens (tertiary/aromatic N) is 2. The van der Waals surface area contributed by atoms with Crippen LogP contribution in [0.15, 0.2) is 30.3 Å². The summed E-state index contributed by atoms with van der Waals surface area (Å²) >= 11 is 12.8. The first-order valence-corrected chi connectivity index (χ1v) is 11.5. The number of fused-ring (bicyclic) bond motifs is 1. The average molecular weight is 511 g/mol. The Morgan fingerprint density at radius 3 is 2.26 bits per heavy atom. The van der Waals surface area contributed by atoms with Crippen molar-refractivity contribution in [3.63, 3.8) is 0 Å². The van der Waals surface area contributed by atoms with Crippen molar-refractivity contribution in [3.8, 4) is 11.5 Å². The molecule has 0 saturated heterocycles. The third-order valence-corrected chi connectivity index (χ3v) is 6.50. The highest BCUT2D eigenvalue weighted by Crippen LogP contribution is 2.46. The van der Waals surface area contributed by atoms with E-state index in [4.69, 9.17) is 42.1 Å². The molecule has 3 rings (SSSR count). The standard InChI is InChI=1S/C24H28Cl2N2O6/c1-6-34-24(30)28-14(2)10-19(15-11-21(31-3)22(32-4)12-20(15)28)27(23(29)33-5)13-16-17(25)8-7-9-18(16)26/h7-9,11-12,14,19H,6,10,13H2,1-5H3/t14-,19+/m1/s1. The maximum atomic E-state index is 13.0. The molecule has 2 aromatic carbocycles. The minimum atomic E-state index is -0.557. The Morgan fingerprint density at radius 1 is 1.09 bits per heavy atom. The number of methoxy groups -OCH3 is 3. The van der Waals surface area contributed by atoms with Gasteiger partial charge < -0.3 is 18.9 Å². The summed E-state index contributed by atoms with van der Waals surface area (Å²) < 4.78 is 21.4. The number of amides is 2. The summed E-state index contributed by atoms with van der Waals surface area (Å²) in [5, 5.41) is 0.872. The molecule has 1 heterocycles. The number of hydrogen-bond acceptors (Lipinski definition) is 6. The molecular formula is C24H28Cl2N2O6. The van der Waals surface area contributed by atoms with E-state index in [1.165, 1.54) is 21.3 Å². The van der Waals surface area contributed by atoms with E-state index in [0.717, 1.165) is 0 Å². The molecule has 1 aliphatic rings. The van der Waals surface area contributed by atoms with Crippen LogP contribution in [0, 0.1) is 0 Å². The third kappa shape index (κ3) is 4.98.